The molecule has 3 heteroatoms. The lowest BCUT2D eigenvalue weighted by atomic mass is 10.1. The highest BCUT2D eigenvalue weighted by atomic mass is 15.2. The largest absolute Gasteiger partial charge is 0.398 e. The van der Waals surface area contributed by atoms with Crippen molar-refractivity contribution < 1.29 is 0 Å². The molecule has 0 unspecified atom stereocenters. The molecule has 0 heterocycles. The zero-order valence-electron chi connectivity index (χ0n) is 10.9. The van der Waals surface area contributed by atoms with Crippen molar-refractivity contribution in [3.05, 3.63) is 23.8 Å². The molecule has 1 aliphatic carbocycles. The first kappa shape index (κ1) is 12.2. The molecule has 0 atom stereocenters. The molecule has 3 N–H and O–H groups in total. The lowest BCUT2D eigenvalue weighted by molar-refractivity contribution is 0.289. The number of benzene rings is 1. The molecule has 17 heavy (non-hydrogen) atoms. The van der Waals surface area contributed by atoms with Crippen molar-refractivity contribution in [1.29, 1.82) is 0 Å². The summed E-state index contributed by atoms with van der Waals surface area (Å²) >= 11 is 0. The van der Waals surface area contributed by atoms with E-state index in [0.29, 0.717) is 0 Å². The van der Waals surface area contributed by atoms with Crippen LogP contribution in [0.2, 0.25) is 0 Å². The Bertz CT molecular complexity index is 372. The van der Waals surface area contributed by atoms with Gasteiger partial charge < -0.3 is 11.1 Å². The third-order valence-corrected chi connectivity index (χ3v) is 3.56. The Kier molecular flexibility index (Phi) is 3.89. The van der Waals surface area contributed by atoms with Crippen molar-refractivity contribution in [2.45, 2.75) is 32.7 Å². The van der Waals surface area contributed by atoms with E-state index >= 15 is 0 Å². The van der Waals surface area contributed by atoms with Crippen LogP contribution in [-0.4, -0.2) is 30.6 Å². The Morgan fingerprint density at radius 3 is 2.82 bits per heavy atom. The van der Waals surface area contributed by atoms with Crippen LogP contribution in [0.25, 0.3) is 0 Å². The third kappa shape index (κ3) is 3.13. The quantitative estimate of drug-likeness (QED) is 0.742. The predicted molar refractivity (Wildman–Crippen MR) is 74.4 cm³/mol. The molecule has 1 fully saturated rings. The minimum Gasteiger partial charge on any atom is -0.398 e. The molecule has 94 valence electrons. The van der Waals surface area contributed by atoms with Crippen molar-refractivity contribution in [2.75, 3.05) is 30.7 Å². The minimum atomic E-state index is 0.851. The smallest absolute Gasteiger partial charge is 0.0391 e. The van der Waals surface area contributed by atoms with Crippen LogP contribution in [0.15, 0.2) is 18.2 Å². The van der Waals surface area contributed by atoms with Gasteiger partial charge in [-0.05, 0) is 44.0 Å². The fraction of sp³-hybridized carbons (Fsp3) is 0.571. The number of hydrogen-bond donors (Lipinski definition) is 2. The first-order chi connectivity index (χ1) is 8.22. The van der Waals surface area contributed by atoms with Crippen LogP contribution in [0.1, 0.15) is 25.3 Å². The van der Waals surface area contributed by atoms with E-state index in [0.717, 1.165) is 42.6 Å². The van der Waals surface area contributed by atoms with Gasteiger partial charge in [0.1, 0.15) is 0 Å². The molecule has 1 saturated carbocycles. The van der Waals surface area contributed by atoms with Crippen molar-refractivity contribution in [3.8, 4) is 0 Å². The van der Waals surface area contributed by atoms with E-state index in [1.54, 1.807) is 0 Å². The van der Waals surface area contributed by atoms with E-state index in [4.69, 9.17) is 5.73 Å². The summed E-state index contributed by atoms with van der Waals surface area (Å²) in [5.74, 6) is 0. The fourth-order valence-corrected chi connectivity index (χ4v) is 2.22. The van der Waals surface area contributed by atoms with Gasteiger partial charge in [0.25, 0.3) is 0 Å². The lowest BCUT2D eigenvalue weighted by Crippen LogP contribution is -2.31. The van der Waals surface area contributed by atoms with E-state index in [-0.39, 0.29) is 0 Å². The van der Waals surface area contributed by atoms with E-state index < -0.39 is 0 Å². The summed E-state index contributed by atoms with van der Waals surface area (Å²) in [6.45, 7) is 7.58. The summed E-state index contributed by atoms with van der Waals surface area (Å²) in [5, 5.41) is 3.48. The number of likely N-dealkylation sites (N-methyl/N-ethyl adjacent to an activating group) is 1. The number of nitrogens with one attached hydrogen (secondary N) is 1. The first-order valence-electron chi connectivity index (χ1n) is 6.55. The first-order valence-corrected chi connectivity index (χ1v) is 6.55. The number of anilines is 2. The van der Waals surface area contributed by atoms with Gasteiger partial charge in [-0.15, -0.1) is 0 Å². The molecular formula is C14H23N3. The lowest BCUT2D eigenvalue weighted by Gasteiger charge is -2.20. The molecule has 3 nitrogen and oxygen atoms in total. The third-order valence-electron chi connectivity index (χ3n) is 3.56. The summed E-state index contributed by atoms with van der Waals surface area (Å²) < 4.78 is 0. The van der Waals surface area contributed by atoms with Gasteiger partial charge >= 0.3 is 0 Å². The molecule has 1 aromatic rings. The molecule has 0 radical (unpaired) electrons. The van der Waals surface area contributed by atoms with Gasteiger partial charge in [-0.1, -0.05) is 13.0 Å². The standard InChI is InChI=1S/C14H23N3/c1-3-17(12-7-8-12)10-9-16-14-6-4-5-13(15)11(14)2/h4-6,12,16H,3,7-10,15H2,1-2H3. The number of nitrogens with two attached hydrogens (primary N) is 1. The Balaban J connectivity index is 1.83. The summed E-state index contributed by atoms with van der Waals surface area (Å²) in [6.07, 6.45) is 2.76. The maximum atomic E-state index is 5.89. The van der Waals surface area contributed by atoms with Crippen LogP contribution >= 0.6 is 0 Å². The Morgan fingerprint density at radius 2 is 2.18 bits per heavy atom. The van der Waals surface area contributed by atoms with Crippen LogP contribution in [0.3, 0.4) is 0 Å². The maximum absolute atomic E-state index is 5.89. The van der Waals surface area contributed by atoms with E-state index in [1.807, 2.05) is 12.1 Å². The molecule has 1 aromatic carbocycles. The van der Waals surface area contributed by atoms with Crippen LogP contribution in [0.4, 0.5) is 11.4 Å². The monoisotopic (exact) mass is 233 g/mol. The fourth-order valence-electron chi connectivity index (χ4n) is 2.22. The molecule has 0 aromatic heterocycles. The highest BCUT2D eigenvalue weighted by Crippen LogP contribution is 2.26. The summed E-state index contributed by atoms with van der Waals surface area (Å²) in [7, 11) is 0. The van der Waals surface area contributed by atoms with E-state index in [2.05, 4.69) is 30.1 Å². The van der Waals surface area contributed by atoms with Crippen molar-refractivity contribution >= 4 is 11.4 Å². The van der Waals surface area contributed by atoms with Gasteiger partial charge in [0.15, 0.2) is 0 Å². The zero-order chi connectivity index (χ0) is 12.3. The van der Waals surface area contributed by atoms with Gasteiger partial charge in [0.2, 0.25) is 0 Å². The molecule has 0 saturated heterocycles. The van der Waals surface area contributed by atoms with Crippen LogP contribution in [0.5, 0.6) is 0 Å². The topological polar surface area (TPSA) is 41.3 Å². The predicted octanol–water partition coefficient (Wildman–Crippen LogP) is 2.47. The SMILES string of the molecule is CCN(CCNc1cccc(N)c1C)C1CC1. The molecule has 0 spiro atoms. The van der Waals surface area contributed by atoms with Gasteiger partial charge in [-0.2, -0.15) is 0 Å². The van der Waals surface area contributed by atoms with Crippen molar-refractivity contribution in [1.82, 2.24) is 4.90 Å². The van der Waals surface area contributed by atoms with Crippen molar-refractivity contribution in [3.63, 3.8) is 0 Å². The van der Waals surface area contributed by atoms with E-state index in [9.17, 15) is 0 Å². The Hall–Kier alpha value is -1.22. The van der Waals surface area contributed by atoms with Gasteiger partial charge in [0.05, 0.1) is 0 Å². The molecule has 2 rings (SSSR count). The second kappa shape index (κ2) is 5.41. The molecule has 0 bridgehead atoms. The van der Waals surface area contributed by atoms with E-state index in [1.165, 1.54) is 12.8 Å². The highest BCUT2D eigenvalue weighted by Gasteiger charge is 2.27. The van der Waals surface area contributed by atoms with Crippen LogP contribution in [-0.2, 0) is 0 Å². The van der Waals surface area contributed by atoms with Gasteiger partial charge in [0, 0.05) is 30.5 Å². The number of hydrogen-bond acceptors (Lipinski definition) is 3. The summed E-state index contributed by atoms with van der Waals surface area (Å²) in [6, 6.07) is 6.90. The summed E-state index contributed by atoms with van der Waals surface area (Å²) in [4.78, 5) is 2.55. The molecule has 0 amide bonds. The molecular weight excluding hydrogens is 210 g/mol. The highest BCUT2D eigenvalue weighted by molar-refractivity contribution is 5.62. The number of nitrogen functional groups attached to an aromatic ring is 1. The summed E-state index contributed by atoms with van der Waals surface area (Å²) in [5.41, 5.74) is 9.07. The Morgan fingerprint density at radius 1 is 1.41 bits per heavy atom. The van der Waals surface area contributed by atoms with Crippen molar-refractivity contribution in [2.24, 2.45) is 0 Å². The van der Waals surface area contributed by atoms with Crippen LogP contribution in [0, 0.1) is 6.92 Å². The average Bonchev–Trinajstić information content (AvgIpc) is 3.14. The Labute approximate surface area is 104 Å². The van der Waals surface area contributed by atoms with Gasteiger partial charge in [-0.3, -0.25) is 4.90 Å². The number of nitrogens with zero attached hydrogens (tertiary/aromatic N) is 1. The second-order valence-electron chi connectivity index (χ2n) is 4.81. The minimum absolute atomic E-state index is 0.851. The zero-order valence-corrected chi connectivity index (χ0v) is 10.9. The molecule has 1 aliphatic rings. The average molecular weight is 233 g/mol. The van der Waals surface area contributed by atoms with Crippen LogP contribution < -0.4 is 11.1 Å². The second-order valence-corrected chi connectivity index (χ2v) is 4.81. The normalized spacial score (nSPS) is 15.2. The molecule has 0 aliphatic heterocycles. The van der Waals surface area contributed by atoms with Gasteiger partial charge in [-0.25, -0.2) is 0 Å². The number of rotatable bonds is 6. The maximum Gasteiger partial charge on any atom is 0.0391 e.